The SMILES string of the molecule is CC1(C)NN1.CC1(C)NN1.[Cl-].[Cl-].[Pt+2]. The van der Waals surface area contributed by atoms with Gasteiger partial charge in [-0.25, -0.2) is 21.7 Å². The van der Waals surface area contributed by atoms with E-state index in [1.807, 2.05) is 0 Å². The molecule has 0 saturated carbocycles. The molecule has 0 amide bonds. The third kappa shape index (κ3) is 13.1. The Morgan fingerprint density at radius 3 is 0.692 bits per heavy atom. The van der Waals surface area contributed by atoms with Gasteiger partial charge in [-0.3, -0.25) is 0 Å². The Morgan fingerprint density at radius 1 is 0.615 bits per heavy atom. The van der Waals surface area contributed by atoms with E-state index in [9.17, 15) is 0 Å². The summed E-state index contributed by atoms with van der Waals surface area (Å²) in [6.07, 6.45) is 0. The molecule has 0 radical (unpaired) electrons. The minimum Gasteiger partial charge on any atom is -1.00 e. The van der Waals surface area contributed by atoms with Crippen LogP contribution in [-0.4, -0.2) is 11.3 Å². The van der Waals surface area contributed by atoms with Crippen molar-refractivity contribution in [1.29, 1.82) is 0 Å². The van der Waals surface area contributed by atoms with E-state index < -0.39 is 0 Å². The second kappa shape index (κ2) is 6.57. The quantitative estimate of drug-likeness (QED) is 0.300. The average molecular weight is 410 g/mol. The number of hydrogen-bond acceptors (Lipinski definition) is 4. The van der Waals surface area contributed by atoms with Gasteiger partial charge >= 0.3 is 21.1 Å². The molecule has 4 nitrogen and oxygen atoms in total. The van der Waals surface area contributed by atoms with Crippen LogP contribution in [0.3, 0.4) is 0 Å². The van der Waals surface area contributed by atoms with E-state index in [-0.39, 0.29) is 57.2 Å². The van der Waals surface area contributed by atoms with Crippen molar-refractivity contribution in [2.45, 2.75) is 39.0 Å². The van der Waals surface area contributed by atoms with Gasteiger partial charge in [0.15, 0.2) is 0 Å². The molecular weight excluding hydrogens is 394 g/mol. The first-order chi connectivity index (χ1) is 4.41. The van der Waals surface area contributed by atoms with Crippen LogP contribution in [0.4, 0.5) is 0 Å². The Bertz CT molecular complexity index is 115. The van der Waals surface area contributed by atoms with Crippen molar-refractivity contribution < 1.29 is 45.9 Å². The number of halogens is 2. The zero-order chi connectivity index (χ0) is 7.83. The molecule has 84 valence electrons. The Kier molecular flexibility index (Phi) is 9.92. The fourth-order valence-corrected chi connectivity index (χ4v) is 0.250. The van der Waals surface area contributed by atoms with E-state index >= 15 is 0 Å². The first kappa shape index (κ1) is 19.6. The first-order valence-corrected chi connectivity index (χ1v) is 3.50. The van der Waals surface area contributed by atoms with Crippen molar-refractivity contribution in [1.82, 2.24) is 21.7 Å². The third-order valence-corrected chi connectivity index (χ3v) is 1.25. The monoisotopic (exact) mass is 409 g/mol. The molecule has 0 aromatic heterocycles. The van der Waals surface area contributed by atoms with E-state index in [2.05, 4.69) is 49.4 Å². The van der Waals surface area contributed by atoms with E-state index in [1.165, 1.54) is 0 Å². The molecule has 2 aliphatic heterocycles. The van der Waals surface area contributed by atoms with Gasteiger partial charge < -0.3 is 24.8 Å². The zero-order valence-electron chi connectivity index (χ0n) is 8.07. The molecule has 4 N–H and O–H groups in total. The fourth-order valence-electron chi connectivity index (χ4n) is 0.250. The largest absolute Gasteiger partial charge is 2.00 e. The van der Waals surface area contributed by atoms with Crippen LogP contribution in [0.25, 0.3) is 0 Å². The minimum atomic E-state index is 0. The van der Waals surface area contributed by atoms with Crippen molar-refractivity contribution in [2.75, 3.05) is 0 Å². The van der Waals surface area contributed by atoms with Crippen molar-refractivity contribution in [3.63, 3.8) is 0 Å². The second-order valence-corrected chi connectivity index (χ2v) is 3.75. The van der Waals surface area contributed by atoms with Gasteiger partial charge in [0.05, 0.1) is 11.3 Å². The van der Waals surface area contributed by atoms with Gasteiger partial charge in [-0.05, 0) is 27.7 Å². The van der Waals surface area contributed by atoms with E-state index in [1.54, 1.807) is 0 Å². The van der Waals surface area contributed by atoms with Crippen molar-refractivity contribution in [2.24, 2.45) is 0 Å². The van der Waals surface area contributed by atoms with Gasteiger partial charge in [-0.15, -0.1) is 0 Å². The molecule has 13 heavy (non-hydrogen) atoms. The van der Waals surface area contributed by atoms with Gasteiger partial charge in [-0.2, -0.15) is 0 Å². The zero-order valence-corrected chi connectivity index (χ0v) is 11.9. The maximum absolute atomic E-state index is 2.92. The molecule has 0 spiro atoms. The van der Waals surface area contributed by atoms with Crippen LogP contribution >= 0.6 is 0 Å². The maximum Gasteiger partial charge on any atom is 2.00 e. The topological polar surface area (TPSA) is 87.8 Å². The summed E-state index contributed by atoms with van der Waals surface area (Å²) < 4.78 is 0. The normalized spacial score (nSPS) is 23.1. The molecule has 2 heterocycles. The van der Waals surface area contributed by atoms with Crippen LogP contribution in [0.1, 0.15) is 27.7 Å². The van der Waals surface area contributed by atoms with Crippen molar-refractivity contribution in [3.8, 4) is 0 Å². The summed E-state index contributed by atoms with van der Waals surface area (Å²) in [5.74, 6) is 0. The first-order valence-electron chi connectivity index (χ1n) is 3.50. The molecule has 0 aliphatic carbocycles. The Morgan fingerprint density at radius 2 is 0.692 bits per heavy atom. The maximum atomic E-state index is 2.92. The number of hydrogen-bond donors (Lipinski definition) is 4. The van der Waals surface area contributed by atoms with E-state index in [4.69, 9.17) is 0 Å². The number of rotatable bonds is 0. The van der Waals surface area contributed by atoms with Crippen molar-refractivity contribution >= 4 is 0 Å². The molecular formula is C6H16Cl2N4Pt. The Labute approximate surface area is 106 Å². The summed E-state index contributed by atoms with van der Waals surface area (Å²) in [6, 6.07) is 0. The fraction of sp³-hybridized carbons (Fsp3) is 1.00. The Hall–Kier alpha value is 1.11. The predicted octanol–water partition coefficient (Wildman–Crippen LogP) is -6.33. The predicted molar refractivity (Wildman–Crippen MR) is 40.7 cm³/mol. The smallest absolute Gasteiger partial charge is 1.00 e. The standard InChI is InChI=1S/2C3H8N2.2ClH.Pt/c2*1-3(2)4-5-3;;;/h2*4-5H,1-2H3;2*1H;/q;;;;+2/p-2. The molecule has 0 aromatic rings. The van der Waals surface area contributed by atoms with Gasteiger partial charge in [0, 0.05) is 0 Å². The van der Waals surface area contributed by atoms with Crippen molar-refractivity contribution in [3.05, 3.63) is 0 Å². The molecule has 2 saturated heterocycles. The van der Waals surface area contributed by atoms with E-state index in [0.29, 0.717) is 0 Å². The molecule has 0 bridgehead atoms. The summed E-state index contributed by atoms with van der Waals surface area (Å²) >= 11 is 0. The van der Waals surface area contributed by atoms with Crippen LogP contribution in [0.2, 0.25) is 0 Å². The van der Waals surface area contributed by atoms with Crippen LogP contribution in [0.15, 0.2) is 0 Å². The molecule has 2 fully saturated rings. The van der Waals surface area contributed by atoms with Crippen LogP contribution in [-0.2, 0) is 21.1 Å². The summed E-state index contributed by atoms with van der Waals surface area (Å²) in [5, 5.41) is 0. The van der Waals surface area contributed by atoms with E-state index in [0.717, 1.165) is 0 Å². The van der Waals surface area contributed by atoms with Gasteiger partial charge in [-0.1, -0.05) is 0 Å². The number of nitrogens with one attached hydrogen (secondary N) is 4. The number of hydrazine groups is 2. The molecule has 0 atom stereocenters. The minimum absolute atomic E-state index is 0. The third-order valence-electron chi connectivity index (χ3n) is 1.25. The summed E-state index contributed by atoms with van der Waals surface area (Å²) in [7, 11) is 0. The average Bonchev–Trinajstić information content (AvgIpc) is 2.56. The van der Waals surface area contributed by atoms with Crippen LogP contribution in [0, 0.1) is 0 Å². The molecule has 2 aliphatic rings. The summed E-state index contributed by atoms with van der Waals surface area (Å²) in [6.45, 7) is 8.31. The van der Waals surface area contributed by atoms with Crippen LogP contribution < -0.4 is 46.5 Å². The summed E-state index contributed by atoms with van der Waals surface area (Å²) in [4.78, 5) is 0. The van der Waals surface area contributed by atoms with Crippen LogP contribution in [0.5, 0.6) is 0 Å². The second-order valence-electron chi connectivity index (χ2n) is 3.75. The molecule has 0 aromatic carbocycles. The summed E-state index contributed by atoms with van der Waals surface area (Å²) in [5.41, 5.74) is 12.2. The van der Waals surface area contributed by atoms with Gasteiger partial charge in [0.1, 0.15) is 0 Å². The molecule has 2 rings (SSSR count). The molecule has 7 heteroatoms. The van der Waals surface area contributed by atoms with Gasteiger partial charge in [0.25, 0.3) is 0 Å². The Balaban J connectivity index is -0.000000125. The molecule has 0 unspecified atom stereocenters. The van der Waals surface area contributed by atoms with Gasteiger partial charge in [0.2, 0.25) is 0 Å².